The molecule has 14 heavy (non-hydrogen) atoms. The Morgan fingerprint density at radius 2 is 2.57 bits per heavy atom. The molecule has 1 unspecified atom stereocenters. The van der Waals surface area contributed by atoms with Crippen LogP contribution in [-0.2, 0) is 0 Å². The lowest BCUT2D eigenvalue weighted by Gasteiger charge is -2.11. The van der Waals surface area contributed by atoms with Crippen molar-refractivity contribution >= 4 is 5.69 Å². The number of aromatic nitrogens is 2. The van der Waals surface area contributed by atoms with E-state index in [9.17, 15) is 4.79 Å². The maximum Gasteiger partial charge on any atom is 0.284 e. The zero-order valence-corrected chi connectivity index (χ0v) is 7.61. The molecule has 0 amide bonds. The summed E-state index contributed by atoms with van der Waals surface area (Å²) < 4.78 is 0. The number of hydrogen-bond acceptors (Lipinski definition) is 5. The molecule has 6 nitrogen and oxygen atoms in total. The van der Waals surface area contributed by atoms with Crippen LogP contribution in [0.25, 0.3) is 0 Å². The molecule has 0 saturated carbocycles. The van der Waals surface area contributed by atoms with Crippen LogP contribution in [0, 0.1) is 11.3 Å². The van der Waals surface area contributed by atoms with Gasteiger partial charge < -0.3 is 10.4 Å². The zero-order chi connectivity index (χ0) is 10.6. The summed E-state index contributed by atoms with van der Waals surface area (Å²) in [6, 6.07) is 1.53. The number of aromatic amines is 1. The van der Waals surface area contributed by atoms with Crippen molar-refractivity contribution in [3.05, 3.63) is 22.1 Å². The second-order valence-corrected chi connectivity index (χ2v) is 2.83. The number of aliphatic hydroxyl groups excluding tert-OH is 1. The van der Waals surface area contributed by atoms with Crippen LogP contribution < -0.4 is 10.9 Å². The highest BCUT2D eigenvalue weighted by molar-refractivity contribution is 5.54. The van der Waals surface area contributed by atoms with Crippen LogP contribution in [0.2, 0.25) is 0 Å². The first kappa shape index (κ1) is 10.2. The normalized spacial score (nSPS) is 11.8. The molecule has 0 spiro atoms. The summed E-state index contributed by atoms with van der Waals surface area (Å²) in [6.45, 7) is 1.64. The van der Waals surface area contributed by atoms with Gasteiger partial charge in [0.05, 0.1) is 18.5 Å². The maximum atomic E-state index is 11.1. The smallest absolute Gasteiger partial charge is 0.284 e. The van der Waals surface area contributed by atoms with Gasteiger partial charge in [0.15, 0.2) is 0 Å². The van der Waals surface area contributed by atoms with E-state index >= 15 is 0 Å². The van der Waals surface area contributed by atoms with Crippen LogP contribution in [0.1, 0.15) is 12.5 Å². The van der Waals surface area contributed by atoms with Gasteiger partial charge in [0.1, 0.15) is 11.6 Å². The largest absolute Gasteiger partial charge is 0.394 e. The van der Waals surface area contributed by atoms with Gasteiger partial charge in [-0.3, -0.25) is 4.79 Å². The highest BCUT2D eigenvalue weighted by Crippen LogP contribution is 2.08. The van der Waals surface area contributed by atoms with Crippen LogP contribution >= 0.6 is 0 Å². The molecule has 74 valence electrons. The molecule has 0 aromatic carbocycles. The average Bonchev–Trinajstić information content (AvgIpc) is 2.18. The molecule has 0 radical (unpaired) electrons. The van der Waals surface area contributed by atoms with Crippen molar-refractivity contribution in [2.75, 3.05) is 11.9 Å². The maximum absolute atomic E-state index is 11.1. The minimum atomic E-state index is -0.539. The van der Waals surface area contributed by atoms with Crippen molar-refractivity contribution in [3.63, 3.8) is 0 Å². The minimum absolute atomic E-state index is 0.0275. The number of nitriles is 1. The molecule has 6 heteroatoms. The van der Waals surface area contributed by atoms with Crippen LogP contribution in [0.4, 0.5) is 5.69 Å². The van der Waals surface area contributed by atoms with E-state index in [0.29, 0.717) is 5.69 Å². The second kappa shape index (κ2) is 4.39. The fraction of sp³-hybridized carbons (Fsp3) is 0.375. The molecule has 1 rings (SSSR count). The number of aliphatic hydroxyl groups is 1. The number of nitrogens with zero attached hydrogens (tertiary/aromatic N) is 2. The van der Waals surface area contributed by atoms with Gasteiger partial charge in [-0.15, -0.1) is 0 Å². The van der Waals surface area contributed by atoms with Gasteiger partial charge in [-0.2, -0.15) is 10.4 Å². The fourth-order valence-corrected chi connectivity index (χ4v) is 0.930. The Morgan fingerprint density at radius 1 is 1.86 bits per heavy atom. The Labute approximate surface area is 80.2 Å². The average molecular weight is 194 g/mol. The first-order chi connectivity index (χ1) is 6.69. The van der Waals surface area contributed by atoms with Gasteiger partial charge in [0.25, 0.3) is 5.56 Å². The van der Waals surface area contributed by atoms with E-state index in [0.717, 1.165) is 0 Å². The molecule has 0 bridgehead atoms. The van der Waals surface area contributed by atoms with Crippen molar-refractivity contribution in [2.24, 2.45) is 0 Å². The third-order valence-corrected chi connectivity index (χ3v) is 1.64. The molecule has 1 heterocycles. The number of hydrogen-bond donors (Lipinski definition) is 3. The Morgan fingerprint density at radius 3 is 3.14 bits per heavy atom. The number of nitrogens with one attached hydrogen (secondary N) is 2. The Bertz CT molecular complexity index is 407. The molecule has 1 atom stereocenters. The Kier molecular flexibility index (Phi) is 3.20. The summed E-state index contributed by atoms with van der Waals surface area (Å²) in [5, 5.41) is 26.0. The molecule has 1 aromatic rings. The molecule has 0 aliphatic rings. The molecular formula is C8H10N4O2. The van der Waals surface area contributed by atoms with Gasteiger partial charge in [0, 0.05) is 6.04 Å². The quantitative estimate of drug-likeness (QED) is 0.598. The Hall–Kier alpha value is -1.87. The molecule has 0 fully saturated rings. The summed E-state index contributed by atoms with van der Waals surface area (Å²) in [6.07, 6.45) is 1.34. The van der Waals surface area contributed by atoms with Crippen molar-refractivity contribution in [3.8, 4) is 6.07 Å². The monoisotopic (exact) mass is 194 g/mol. The molecule has 1 aromatic heterocycles. The molecule has 3 N–H and O–H groups in total. The van der Waals surface area contributed by atoms with Crippen molar-refractivity contribution in [1.29, 1.82) is 5.26 Å². The van der Waals surface area contributed by atoms with Gasteiger partial charge in [-0.1, -0.05) is 0 Å². The van der Waals surface area contributed by atoms with E-state index < -0.39 is 5.56 Å². The SMILES string of the molecule is CC(CO)Nc1cn[nH]c(=O)c1C#N. The predicted molar refractivity (Wildman–Crippen MR) is 49.7 cm³/mol. The molecule has 0 aliphatic carbocycles. The number of H-pyrrole nitrogens is 1. The zero-order valence-electron chi connectivity index (χ0n) is 7.61. The topological polar surface area (TPSA) is 102 Å². The van der Waals surface area contributed by atoms with E-state index in [2.05, 4.69) is 15.5 Å². The van der Waals surface area contributed by atoms with Crippen LogP contribution in [0.5, 0.6) is 0 Å². The Balaban J connectivity index is 3.04. The molecule has 0 saturated heterocycles. The third kappa shape index (κ3) is 2.08. The van der Waals surface area contributed by atoms with Crippen LogP contribution in [0.15, 0.2) is 11.0 Å². The lowest BCUT2D eigenvalue weighted by atomic mass is 10.2. The molecule has 0 aliphatic heterocycles. The van der Waals surface area contributed by atoms with Crippen molar-refractivity contribution < 1.29 is 5.11 Å². The highest BCUT2D eigenvalue weighted by Gasteiger charge is 2.08. The first-order valence-corrected chi connectivity index (χ1v) is 4.04. The standard InChI is InChI=1S/C8H10N4O2/c1-5(4-13)11-7-3-10-12-8(14)6(7)2-9/h3,5,13H,4H2,1H3,(H2,11,12,14). The summed E-state index contributed by atoms with van der Waals surface area (Å²) in [4.78, 5) is 11.1. The highest BCUT2D eigenvalue weighted by atomic mass is 16.3. The summed E-state index contributed by atoms with van der Waals surface area (Å²) in [5.41, 5.74) is -0.235. The predicted octanol–water partition coefficient (Wildman–Crippen LogP) is -0.566. The third-order valence-electron chi connectivity index (χ3n) is 1.64. The van der Waals surface area contributed by atoms with E-state index in [-0.39, 0.29) is 18.2 Å². The van der Waals surface area contributed by atoms with E-state index in [1.54, 1.807) is 13.0 Å². The van der Waals surface area contributed by atoms with Crippen LogP contribution in [-0.4, -0.2) is 28.0 Å². The van der Waals surface area contributed by atoms with Crippen LogP contribution in [0.3, 0.4) is 0 Å². The summed E-state index contributed by atoms with van der Waals surface area (Å²) in [5.74, 6) is 0. The van der Waals surface area contributed by atoms with Crippen molar-refractivity contribution in [1.82, 2.24) is 10.2 Å². The van der Waals surface area contributed by atoms with E-state index in [1.807, 2.05) is 0 Å². The van der Waals surface area contributed by atoms with Gasteiger partial charge >= 0.3 is 0 Å². The minimum Gasteiger partial charge on any atom is -0.394 e. The van der Waals surface area contributed by atoms with Gasteiger partial charge in [-0.25, -0.2) is 5.10 Å². The fourth-order valence-electron chi connectivity index (χ4n) is 0.930. The molecular weight excluding hydrogens is 184 g/mol. The lowest BCUT2D eigenvalue weighted by Crippen LogP contribution is -2.23. The second-order valence-electron chi connectivity index (χ2n) is 2.83. The lowest BCUT2D eigenvalue weighted by molar-refractivity contribution is 0.281. The van der Waals surface area contributed by atoms with Crippen molar-refractivity contribution in [2.45, 2.75) is 13.0 Å². The summed E-state index contributed by atoms with van der Waals surface area (Å²) in [7, 11) is 0. The van der Waals surface area contributed by atoms with Gasteiger partial charge in [-0.05, 0) is 6.92 Å². The first-order valence-electron chi connectivity index (χ1n) is 4.04. The number of rotatable bonds is 3. The van der Waals surface area contributed by atoms with E-state index in [1.165, 1.54) is 6.20 Å². The summed E-state index contributed by atoms with van der Waals surface area (Å²) >= 11 is 0. The van der Waals surface area contributed by atoms with Gasteiger partial charge in [0.2, 0.25) is 0 Å². The number of anilines is 1. The van der Waals surface area contributed by atoms with E-state index in [4.69, 9.17) is 10.4 Å².